The normalized spacial score (nSPS) is 13.7. The molecule has 4 heterocycles. The molecule has 1 unspecified atom stereocenters. The average Bonchev–Trinajstić information content (AvgIpc) is 3.84. The van der Waals surface area contributed by atoms with Crippen molar-refractivity contribution in [2.75, 3.05) is 10.6 Å². The minimum Gasteiger partial charge on any atom is -0.346 e. The van der Waals surface area contributed by atoms with Crippen LogP contribution in [0.4, 0.5) is 54.2 Å². The molecule has 0 amide bonds. The molecule has 0 saturated heterocycles. The third kappa shape index (κ3) is 12.5. The molecule has 8 rings (SSSR count). The smallest absolute Gasteiger partial charge is 0.346 e. The minimum atomic E-state index is -4.84. The molecule has 370 valence electrons. The van der Waals surface area contributed by atoms with Crippen LogP contribution in [0.3, 0.4) is 0 Å². The number of anilines is 2. The van der Waals surface area contributed by atoms with Crippen LogP contribution in [-0.2, 0) is 42.2 Å². The average molecular weight is 1060 g/mol. The number of aromatic nitrogens is 4. The second kappa shape index (κ2) is 20.9. The highest BCUT2D eigenvalue weighted by Gasteiger charge is 2.43. The van der Waals surface area contributed by atoms with Crippen molar-refractivity contribution in [3.05, 3.63) is 221 Å². The fourth-order valence-electron chi connectivity index (χ4n) is 7.85. The molecule has 20 heteroatoms. The number of hydrogen-bond donors (Lipinski definition) is 2. The van der Waals surface area contributed by atoms with Gasteiger partial charge in [-0.05, 0) is 104 Å². The topological polar surface area (TPSA) is 75.6 Å². The summed E-state index contributed by atoms with van der Waals surface area (Å²) in [6.45, 7) is 5.93. The molecule has 0 aliphatic rings. The lowest BCUT2D eigenvalue weighted by Crippen LogP contribution is -2.40. The first kappa shape index (κ1) is 52.7. The van der Waals surface area contributed by atoms with Gasteiger partial charge in [-0.25, -0.2) is 18.7 Å². The Labute approximate surface area is 419 Å². The lowest BCUT2D eigenvalue weighted by Gasteiger charge is -2.36. The van der Waals surface area contributed by atoms with Gasteiger partial charge in [-0.2, -0.15) is 35.1 Å². The number of rotatable bonds is 13. The van der Waals surface area contributed by atoms with Crippen molar-refractivity contribution in [2.45, 2.75) is 69.9 Å². The summed E-state index contributed by atoms with van der Waals surface area (Å²) < 4.78 is 140. The largest absolute Gasteiger partial charge is 0.416 e. The Hall–Kier alpha value is -6.08. The van der Waals surface area contributed by atoms with Crippen LogP contribution < -0.4 is 10.6 Å². The molecule has 0 radical (unpaired) electrons. The van der Waals surface area contributed by atoms with Crippen LogP contribution in [0, 0.1) is 32.4 Å². The van der Waals surface area contributed by atoms with E-state index in [2.05, 4.69) is 30.6 Å². The molecule has 0 spiro atoms. The van der Waals surface area contributed by atoms with Crippen molar-refractivity contribution in [3.8, 4) is 0 Å². The zero-order chi connectivity index (χ0) is 51.5. The van der Waals surface area contributed by atoms with Gasteiger partial charge in [0.25, 0.3) is 5.92 Å². The van der Waals surface area contributed by atoms with Gasteiger partial charge in [0.2, 0.25) is 0 Å². The maximum atomic E-state index is 14.7. The summed E-state index contributed by atoms with van der Waals surface area (Å²) in [7, 11) is 0. The Bertz CT molecular complexity index is 3070. The predicted octanol–water partition coefficient (Wildman–Crippen LogP) is 15.9. The summed E-state index contributed by atoms with van der Waals surface area (Å²) in [6.07, 6.45) is -6.67. The van der Waals surface area contributed by atoms with Crippen LogP contribution in [0.5, 0.6) is 0 Å². The molecular weight excluding hydrogens is 1020 g/mol. The quantitative estimate of drug-likeness (QED) is 0.112. The van der Waals surface area contributed by atoms with Crippen LogP contribution in [0.25, 0.3) is 0 Å². The van der Waals surface area contributed by atoms with Gasteiger partial charge in [0.05, 0.1) is 38.3 Å². The lowest BCUT2D eigenvalue weighted by atomic mass is 9.80. The number of thiazole rings is 2. The summed E-state index contributed by atoms with van der Waals surface area (Å²) in [5.41, 5.74) is -2.96. The Morgan fingerprint density at radius 3 is 1.24 bits per heavy atom. The van der Waals surface area contributed by atoms with E-state index < -0.39 is 57.8 Å². The van der Waals surface area contributed by atoms with Gasteiger partial charge in [-0.3, -0.25) is 9.97 Å². The number of alkyl halides is 8. The zero-order valence-corrected chi connectivity index (χ0v) is 40.9. The van der Waals surface area contributed by atoms with E-state index in [0.717, 1.165) is 51.7 Å². The SMILES string of the molecule is Cc1nc(N[C@@](Cc2ccccc2)(c2cc(F)cc(C(F)(F)F)c2)c2ccc(Cl)cn2)sc1C.Cc1sc(NC(Cc2ccccc2)(c2cc(F)cc(C(F)(F)F)c2)c2ccc(Cl)cn2)nc1C(C)(F)F. The highest BCUT2D eigenvalue weighted by molar-refractivity contribution is 7.16. The maximum Gasteiger partial charge on any atom is 0.416 e. The molecule has 0 aliphatic carbocycles. The van der Waals surface area contributed by atoms with Crippen molar-refractivity contribution in [3.63, 3.8) is 0 Å². The van der Waals surface area contributed by atoms with Gasteiger partial charge in [0, 0.05) is 41.9 Å². The molecule has 2 atom stereocenters. The van der Waals surface area contributed by atoms with Gasteiger partial charge >= 0.3 is 12.4 Å². The molecule has 0 aliphatic heterocycles. The first-order chi connectivity index (χ1) is 33.3. The maximum absolute atomic E-state index is 14.7. The summed E-state index contributed by atoms with van der Waals surface area (Å²) in [5.74, 6) is -5.36. The summed E-state index contributed by atoms with van der Waals surface area (Å²) >= 11 is 14.4. The molecule has 2 N–H and O–H groups in total. The standard InChI is InChI=1S/C26H20ClF6N3S.C25H20ClF4N3S/c1-15-22(24(2,29)30)35-23(37-15)36-25(13-16-6-4-3-5-7-16,21-9-8-19(27)14-34-21)17-10-18(26(31,32)33)12-20(28)11-17;1-15-16(2)34-23(32-15)33-24(13-17-6-4-3-5-7-17,22-9-8-20(26)14-31-22)18-10-19(25(28,29)30)12-21(27)11-18/h3-12,14H,13H2,1-2H3,(H,35,36);3-12,14H,13H2,1-2H3,(H,32,33)/t;24-/m.0/s1. The Morgan fingerprint density at radius 2 is 0.901 bits per heavy atom. The second-order valence-corrected chi connectivity index (χ2v) is 19.8. The molecule has 6 nitrogen and oxygen atoms in total. The van der Waals surface area contributed by atoms with E-state index in [1.807, 2.05) is 44.2 Å². The van der Waals surface area contributed by atoms with E-state index in [9.17, 15) is 43.9 Å². The van der Waals surface area contributed by atoms with Crippen LogP contribution in [0.15, 0.2) is 134 Å². The van der Waals surface area contributed by atoms with E-state index in [-0.39, 0.29) is 44.7 Å². The Kier molecular flexibility index (Phi) is 15.6. The molecule has 71 heavy (non-hydrogen) atoms. The van der Waals surface area contributed by atoms with Gasteiger partial charge in [0.15, 0.2) is 10.3 Å². The fourth-order valence-corrected chi connectivity index (χ4v) is 9.94. The van der Waals surface area contributed by atoms with E-state index in [1.54, 1.807) is 42.5 Å². The summed E-state index contributed by atoms with van der Waals surface area (Å²) in [6, 6.07) is 28.9. The van der Waals surface area contributed by atoms with Gasteiger partial charge in [-0.1, -0.05) is 83.9 Å². The predicted molar refractivity (Wildman–Crippen MR) is 258 cm³/mol. The highest BCUT2D eigenvalue weighted by atomic mass is 35.5. The van der Waals surface area contributed by atoms with E-state index in [0.29, 0.717) is 40.5 Å². The minimum absolute atomic E-state index is 0.0135. The molecule has 8 aromatic rings. The third-order valence-electron chi connectivity index (χ3n) is 11.3. The Morgan fingerprint density at radius 1 is 0.507 bits per heavy atom. The van der Waals surface area contributed by atoms with Crippen molar-refractivity contribution >= 4 is 56.1 Å². The third-order valence-corrected chi connectivity index (χ3v) is 13.6. The highest BCUT2D eigenvalue weighted by Crippen LogP contribution is 2.44. The zero-order valence-electron chi connectivity index (χ0n) is 37.8. The Balaban J connectivity index is 0.000000209. The molecule has 0 bridgehead atoms. The first-order valence-electron chi connectivity index (χ1n) is 21.3. The second-order valence-electron chi connectivity index (χ2n) is 16.5. The van der Waals surface area contributed by atoms with Crippen molar-refractivity contribution in [1.29, 1.82) is 0 Å². The van der Waals surface area contributed by atoms with E-state index >= 15 is 0 Å². The van der Waals surface area contributed by atoms with Gasteiger partial charge in [-0.15, -0.1) is 22.7 Å². The number of aryl methyl sites for hydroxylation is 3. The van der Waals surface area contributed by atoms with Crippen LogP contribution in [-0.4, -0.2) is 19.9 Å². The van der Waals surface area contributed by atoms with E-state index in [1.165, 1.54) is 42.8 Å². The van der Waals surface area contributed by atoms with Crippen molar-refractivity contribution in [1.82, 2.24) is 19.9 Å². The van der Waals surface area contributed by atoms with Crippen molar-refractivity contribution < 1.29 is 43.9 Å². The fraction of sp³-hybridized carbons (Fsp3) is 0.216. The number of nitrogens with zero attached hydrogens (tertiary/aromatic N) is 4. The van der Waals surface area contributed by atoms with Gasteiger partial charge < -0.3 is 10.6 Å². The number of nitrogens with one attached hydrogen (secondary N) is 2. The summed E-state index contributed by atoms with van der Waals surface area (Å²) in [5, 5.41) is 7.53. The molecule has 4 aromatic carbocycles. The van der Waals surface area contributed by atoms with Crippen LogP contribution in [0.1, 0.15) is 72.8 Å². The number of benzene rings is 4. The van der Waals surface area contributed by atoms with E-state index in [4.69, 9.17) is 23.2 Å². The van der Waals surface area contributed by atoms with Gasteiger partial charge in [0.1, 0.15) is 28.4 Å². The first-order valence-corrected chi connectivity index (χ1v) is 23.7. The molecule has 0 fully saturated rings. The van der Waals surface area contributed by atoms with Crippen LogP contribution >= 0.6 is 45.9 Å². The monoisotopic (exact) mass is 1060 g/mol. The number of pyridine rings is 2. The molecule has 0 saturated carbocycles. The molecule has 4 aromatic heterocycles. The number of hydrogen-bond acceptors (Lipinski definition) is 8. The molecular formula is C51H40Cl2F10N6S2. The van der Waals surface area contributed by atoms with Crippen LogP contribution in [0.2, 0.25) is 10.0 Å². The lowest BCUT2D eigenvalue weighted by molar-refractivity contribution is -0.138. The summed E-state index contributed by atoms with van der Waals surface area (Å²) in [4.78, 5) is 18.6. The number of halogens is 12. The van der Waals surface area contributed by atoms with Crippen molar-refractivity contribution in [2.24, 2.45) is 0 Å².